The quantitative estimate of drug-likeness (QED) is 0.626. The van der Waals surface area contributed by atoms with Crippen molar-refractivity contribution in [1.82, 2.24) is 10.2 Å². The van der Waals surface area contributed by atoms with Crippen LogP contribution < -0.4 is 10.2 Å². The largest absolute Gasteiger partial charge is 0.378 e. The van der Waals surface area contributed by atoms with Crippen LogP contribution in [0.4, 0.5) is 11.5 Å². The van der Waals surface area contributed by atoms with Crippen molar-refractivity contribution in [3.05, 3.63) is 72.3 Å². The lowest BCUT2D eigenvalue weighted by atomic mass is 10.1. The smallest absolute Gasteiger partial charge is 0.234 e. The molecule has 7 heteroatoms. The van der Waals surface area contributed by atoms with Crippen molar-refractivity contribution >= 4 is 29.2 Å². The number of rotatable bonds is 7. The highest BCUT2D eigenvalue weighted by atomic mass is 32.2. The third-order valence-electron chi connectivity index (χ3n) is 4.77. The van der Waals surface area contributed by atoms with Crippen LogP contribution in [0.3, 0.4) is 0 Å². The van der Waals surface area contributed by atoms with E-state index in [9.17, 15) is 4.79 Å². The average Bonchev–Trinajstić information content (AvgIpc) is 2.81. The first kappa shape index (κ1) is 20.4. The molecule has 6 nitrogen and oxygen atoms in total. The van der Waals surface area contributed by atoms with Crippen molar-refractivity contribution in [2.75, 3.05) is 42.3 Å². The maximum absolute atomic E-state index is 12.3. The van der Waals surface area contributed by atoms with E-state index in [1.54, 1.807) is 11.8 Å². The van der Waals surface area contributed by atoms with Gasteiger partial charge >= 0.3 is 0 Å². The van der Waals surface area contributed by atoms with Gasteiger partial charge in [0.15, 0.2) is 5.82 Å². The average molecular weight is 421 g/mol. The molecule has 0 aliphatic carbocycles. The van der Waals surface area contributed by atoms with E-state index in [0.29, 0.717) is 5.75 Å². The first-order valence-electron chi connectivity index (χ1n) is 9.96. The maximum Gasteiger partial charge on any atom is 0.234 e. The molecule has 0 radical (unpaired) electrons. The van der Waals surface area contributed by atoms with E-state index in [4.69, 9.17) is 4.74 Å². The SMILES string of the molecule is O=C(CSCc1ccccc1)Nc1cccc(-c2ccc(N3CCOCC3)nn2)c1. The minimum Gasteiger partial charge on any atom is -0.378 e. The molecule has 1 amide bonds. The van der Waals surface area contributed by atoms with Crippen LogP contribution in [0.15, 0.2) is 66.7 Å². The zero-order chi connectivity index (χ0) is 20.6. The van der Waals surface area contributed by atoms with Crippen LogP contribution in [0.2, 0.25) is 0 Å². The van der Waals surface area contributed by atoms with Crippen molar-refractivity contribution in [1.29, 1.82) is 0 Å². The third-order valence-corrected chi connectivity index (χ3v) is 5.78. The lowest BCUT2D eigenvalue weighted by Gasteiger charge is -2.27. The molecule has 0 saturated carbocycles. The number of nitrogens with zero attached hydrogens (tertiary/aromatic N) is 3. The number of hydrogen-bond acceptors (Lipinski definition) is 6. The molecule has 4 rings (SSSR count). The second-order valence-corrected chi connectivity index (χ2v) is 7.97. The summed E-state index contributed by atoms with van der Waals surface area (Å²) in [6.07, 6.45) is 0. The van der Waals surface area contributed by atoms with Crippen molar-refractivity contribution in [3.8, 4) is 11.3 Å². The van der Waals surface area contributed by atoms with E-state index >= 15 is 0 Å². The van der Waals surface area contributed by atoms with E-state index in [-0.39, 0.29) is 5.91 Å². The third kappa shape index (κ3) is 5.58. The van der Waals surface area contributed by atoms with Crippen molar-refractivity contribution < 1.29 is 9.53 Å². The van der Waals surface area contributed by atoms with Gasteiger partial charge in [-0.1, -0.05) is 42.5 Å². The first-order chi connectivity index (χ1) is 14.8. The molecule has 2 heterocycles. The van der Waals surface area contributed by atoms with Crippen LogP contribution in [-0.4, -0.2) is 48.2 Å². The second-order valence-electron chi connectivity index (χ2n) is 6.98. The molecule has 1 aromatic heterocycles. The topological polar surface area (TPSA) is 67.4 Å². The number of ether oxygens (including phenoxy) is 1. The summed E-state index contributed by atoms with van der Waals surface area (Å²) in [5, 5.41) is 11.7. The number of nitrogens with one attached hydrogen (secondary N) is 1. The van der Waals surface area contributed by atoms with Gasteiger partial charge in [-0.3, -0.25) is 4.79 Å². The van der Waals surface area contributed by atoms with Gasteiger partial charge in [0.25, 0.3) is 0 Å². The predicted molar refractivity (Wildman–Crippen MR) is 122 cm³/mol. The molecule has 1 N–H and O–H groups in total. The van der Waals surface area contributed by atoms with E-state index in [2.05, 4.69) is 32.5 Å². The van der Waals surface area contributed by atoms with Gasteiger partial charge < -0.3 is 15.0 Å². The molecule has 1 saturated heterocycles. The van der Waals surface area contributed by atoms with Gasteiger partial charge in [-0.05, 0) is 29.8 Å². The summed E-state index contributed by atoms with van der Waals surface area (Å²) in [5.74, 6) is 2.08. The fourth-order valence-corrected chi connectivity index (χ4v) is 4.02. The number of carbonyl (C=O) groups is 1. The number of hydrogen-bond donors (Lipinski definition) is 1. The highest BCUT2D eigenvalue weighted by Crippen LogP contribution is 2.22. The predicted octanol–water partition coefficient (Wildman–Crippen LogP) is 3.85. The molecule has 0 bridgehead atoms. The van der Waals surface area contributed by atoms with Crippen LogP contribution in [0.1, 0.15) is 5.56 Å². The molecule has 0 unspecified atom stereocenters. The lowest BCUT2D eigenvalue weighted by molar-refractivity contribution is -0.113. The number of thioether (sulfide) groups is 1. The minimum atomic E-state index is -0.0122. The first-order valence-corrected chi connectivity index (χ1v) is 11.1. The Balaban J connectivity index is 1.33. The molecule has 2 aromatic carbocycles. The Morgan fingerprint density at radius 1 is 1.00 bits per heavy atom. The number of benzene rings is 2. The molecule has 1 aliphatic rings. The lowest BCUT2D eigenvalue weighted by Crippen LogP contribution is -2.36. The van der Waals surface area contributed by atoms with Gasteiger partial charge in [0.05, 0.1) is 24.7 Å². The summed E-state index contributed by atoms with van der Waals surface area (Å²) >= 11 is 1.60. The van der Waals surface area contributed by atoms with Crippen LogP contribution in [0.5, 0.6) is 0 Å². The van der Waals surface area contributed by atoms with E-state index in [1.165, 1.54) is 5.56 Å². The Hall–Kier alpha value is -2.90. The number of amides is 1. The van der Waals surface area contributed by atoms with Crippen LogP contribution in [-0.2, 0) is 15.3 Å². The van der Waals surface area contributed by atoms with E-state index < -0.39 is 0 Å². The summed E-state index contributed by atoms with van der Waals surface area (Å²) in [5.41, 5.74) is 3.68. The fraction of sp³-hybridized carbons (Fsp3) is 0.261. The Morgan fingerprint density at radius 3 is 2.60 bits per heavy atom. The van der Waals surface area contributed by atoms with Crippen molar-refractivity contribution in [2.45, 2.75) is 5.75 Å². The zero-order valence-corrected chi connectivity index (χ0v) is 17.5. The summed E-state index contributed by atoms with van der Waals surface area (Å²) < 4.78 is 5.38. The van der Waals surface area contributed by atoms with Crippen LogP contribution >= 0.6 is 11.8 Å². The molecule has 0 atom stereocenters. The zero-order valence-electron chi connectivity index (χ0n) is 16.7. The monoisotopic (exact) mass is 420 g/mol. The standard InChI is InChI=1S/C23H24N4O2S/c28-23(17-30-16-18-5-2-1-3-6-18)24-20-8-4-7-19(15-20)21-9-10-22(26-25-21)27-11-13-29-14-12-27/h1-10,15H,11-14,16-17H2,(H,24,28). The molecule has 3 aromatic rings. The summed E-state index contributed by atoms with van der Waals surface area (Å²) in [6.45, 7) is 3.10. The van der Waals surface area contributed by atoms with Crippen LogP contribution in [0, 0.1) is 0 Å². The number of morpholine rings is 1. The normalized spacial score (nSPS) is 13.8. The van der Waals surface area contributed by atoms with Crippen LogP contribution in [0.25, 0.3) is 11.3 Å². The Morgan fingerprint density at radius 2 is 1.83 bits per heavy atom. The molecule has 30 heavy (non-hydrogen) atoms. The summed E-state index contributed by atoms with van der Waals surface area (Å²) in [7, 11) is 0. The van der Waals surface area contributed by atoms with Gasteiger partial charge in [-0.25, -0.2) is 0 Å². The van der Waals surface area contributed by atoms with Gasteiger partial charge in [0.2, 0.25) is 5.91 Å². The number of anilines is 2. The molecule has 1 fully saturated rings. The van der Waals surface area contributed by atoms with Gasteiger partial charge in [0, 0.05) is 30.1 Å². The minimum absolute atomic E-state index is 0.0122. The number of carbonyl (C=O) groups excluding carboxylic acids is 1. The maximum atomic E-state index is 12.3. The number of aromatic nitrogens is 2. The Labute approximate surface area is 180 Å². The molecule has 154 valence electrons. The van der Waals surface area contributed by atoms with Gasteiger partial charge in [0.1, 0.15) is 0 Å². The van der Waals surface area contributed by atoms with E-state index in [0.717, 1.165) is 54.8 Å². The fourth-order valence-electron chi connectivity index (χ4n) is 3.23. The second kappa shape index (κ2) is 10.2. The molecule has 1 aliphatic heterocycles. The highest BCUT2D eigenvalue weighted by Gasteiger charge is 2.13. The van der Waals surface area contributed by atoms with E-state index in [1.807, 2.05) is 54.6 Å². The molecular formula is C23H24N4O2S. The Kier molecular flexibility index (Phi) is 6.95. The summed E-state index contributed by atoms with van der Waals surface area (Å²) in [6, 6.07) is 21.8. The van der Waals surface area contributed by atoms with Crippen molar-refractivity contribution in [3.63, 3.8) is 0 Å². The highest BCUT2D eigenvalue weighted by molar-refractivity contribution is 7.99. The summed E-state index contributed by atoms with van der Waals surface area (Å²) in [4.78, 5) is 14.5. The Bertz CT molecular complexity index is 960. The molecular weight excluding hydrogens is 396 g/mol. The molecule has 0 spiro atoms. The van der Waals surface area contributed by atoms with Gasteiger partial charge in [-0.2, -0.15) is 0 Å². The van der Waals surface area contributed by atoms with Gasteiger partial charge in [-0.15, -0.1) is 22.0 Å². The van der Waals surface area contributed by atoms with Crippen molar-refractivity contribution in [2.24, 2.45) is 0 Å².